The number of hydrogen-bond acceptors (Lipinski definition) is 5. The highest BCUT2D eigenvalue weighted by atomic mass is 32.1. The summed E-state index contributed by atoms with van der Waals surface area (Å²) >= 11 is 1.49. The van der Waals surface area contributed by atoms with E-state index in [9.17, 15) is 4.79 Å². The van der Waals surface area contributed by atoms with Crippen LogP contribution in [0.4, 0.5) is 0 Å². The van der Waals surface area contributed by atoms with E-state index in [0.29, 0.717) is 12.4 Å². The number of carbonyl (C=O) groups excluding carboxylic acids is 1. The Balaban J connectivity index is 1.93. The predicted octanol–water partition coefficient (Wildman–Crippen LogP) is 0.500. The van der Waals surface area contributed by atoms with Crippen molar-refractivity contribution in [1.29, 1.82) is 0 Å². The molecule has 15 heavy (non-hydrogen) atoms. The van der Waals surface area contributed by atoms with Crippen LogP contribution in [0.2, 0.25) is 0 Å². The third kappa shape index (κ3) is 2.38. The van der Waals surface area contributed by atoms with Gasteiger partial charge in [0.2, 0.25) is 5.82 Å². The molecule has 78 valence electrons. The van der Waals surface area contributed by atoms with Gasteiger partial charge in [-0.3, -0.25) is 9.89 Å². The fourth-order valence-corrected chi connectivity index (χ4v) is 1.58. The quantitative estimate of drug-likeness (QED) is 0.793. The fraction of sp³-hybridized carbons (Fsp3) is 0.250. The molecule has 0 aliphatic heterocycles. The Morgan fingerprint density at radius 2 is 2.53 bits per heavy atom. The van der Waals surface area contributed by atoms with Crippen molar-refractivity contribution >= 4 is 17.2 Å². The highest BCUT2D eigenvalue weighted by Crippen LogP contribution is 2.00. The van der Waals surface area contributed by atoms with Gasteiger partial charge >= 0.3 is 0 Å². The zero-order valence-corrected chi connectivity index (χ0v) is 8.84. The van der Waals surface area contributed by atoms with E-state index >= 15 is 0 Å². The summed E-state index contributed by atoms with van der Waals surface area (Å²) in [5.74, 6) is 0.476. The number of amides is 1. The molecule has 0 radical (unpaired) electrons. The van der Waals surface area contributed by atoms with Gasteiger partial charge in [-0.1, -0.05) is 0 Å². The predicted molar refractivity (Wildman–Crippen MR) is 54.4 cm³/mol. The number of carbonyl (C=O) groups is 1. The number of rotatable bonds is 3. The number of aryl methyl sites for hydroxylation is 1. The maximum absolute atomic E-state index is 11.5. The van der Waals surface area contributed by atoms with Crippen molar-refractivity contribution in [3.8, 4) is 0 Å². The largest absolute Gasteiger partial charge is 0.344 e. The van der Waals surface area contributed by atoms with Crippen LogP contribution in [0.1, 0.15) is 22.1 Å². The molecule has 2 rings (SSSR count). The molecule has 0 unspecified atom stereocenters. The van der Waals surface area contributed by atoms with Crippen molar-refractivity contribution < 1.29 is 4.79 Å². The number of aromatic nitrogens is 4. The van der Waals surface area contributed by atoms with Crippen LogP contribution in [0.25, 0.3) is 0 Å². The molecule has 7 heteroatoms. The van der Waals surface area contributed by atoms with Crippen LogP contribution in [-0.4, -0.2) is 26.1 Å². The topological polar surface area (TPSA) is 83.6 Å². The van der Waals surface area contributed by atoms with Crippen molar-refractivity contribution in [1.82, 2.24) is 25.5 Å². The normalized spacial score (nSPS) is 10.2. The van der Waals surface area contributed by atoms with E-state index in [4.69, 9.17) is 0 Å². The number of thiazole rings is 1. The molecule has 2 aromatic rings. The molecule has 6 nitrogen and oxygen atoms in total. The summed E-state index contributed by atoms with van der Waals surface area (Å²) in [5, 5.41) is 10.9. The van der Waals surface area contributed by atoms with Crippen molar-refractivity contribution in [3.05, 3.63) is 28.2 Å². The molecule has 2 N–H and O–H groups in total. The van der Waals surface area contributed by atoms with Crippen LogP contribution in [0, 0.1) is 6.92 Å². The van der Waals surface area contributed by atoms with E-state index in [-0.39, 0.29) is 11.7 Å². The fourth-order valence-electron chi connectivity index (χ4n) is 1.02. The summed E-state index contributed by atoms with van der Waals surface area (Å²) in [6.07, 6.45) is 0. The van der Waals surface area contributed by atoms with Crippen LogP contribution in [0.3, 0.4) is 0 Å². The molecule has 1 amide bonds. The Morgan fingerprint density at radius 3 is 3.13 bits per heavy atom. The molecule has 0 aliphatic rings. The van der Waals surface area contributed by atoms with Gasteiger partial charge in [-0.25, -0.2) is 9.97 Å². The average Bonchev–Trinajstić information content (AvgIpc) is 2.84. The van der Waals surface area contributed by atoms with Crippen molar-refractivity contribution in [2.24, 2.45) is 0 Å². The Morgan fingerprint density at radius 1 is 1.67 bits per heavy atom. The first-order chi connectivity index (χ1) is 7.25. The lowest BCUT2D eigenvalue weighted by Crippen LogP contribution is -2.24. The standard InChI is InChI=1S/C8H9N5OS/c1-5-11-7(13-12-5)8(14)9-2-6-3-15-4-10-6/h3-4H,2H2,1H3,(H,9,14)(H,11,12,13). The Labute approximate surface area is 89.8 Å². The molecule has 0 saturated heterocycles. The summed E-state index contributed by atoms with van der Waals surface area (Å²) in [5.41, 5.74) is 2.55. The van der Waals surface area contributed by atoms with E-state index in [2.05, 4.69) is 25.5 Å². The molecule has 0 atom stereocenters. The third-order valence-electron chi connectivity index (χ3n) is 1.71. The van der Waals surface area contributed by atoms with E-state index < -0.39 is 0 Å². The molecule has 0 saturated carbocycles. The molecule has 2 heterocycles. The van der Waals surface area contributed by atoms with Gasteiger partial charge in [-0.15, -0.1) is 16.4 Å². The molecule has 0 aromatic carbocycles. The lowest BCUT2D eigenvalue weighted by atomic mass is 10.4. The minimum atomic E-state index is -0.299. The van der Waals surface area contributed by atoms with Gasteiger partial charge in [0.05, 0.1) is 17.7 Å². The Hall–Kier alpha value is -1.76. The lowest BCUT2D eigenvalue weighted by molar-refractivity contribution is 0.0940. The van der Waals surface area contributed by atoms with Crippen molar-refractivity contribution in [2.45, 2.75) is 13.5 Å². The lowest BCUT2D eigenvalue weighted by Gasteiger charge is -1.98. The Kier molecular flexibility index (Phi) is 2.72. The van der Waals surface area contributed by atoms with Gasteiger partial charge in [-0.2, -0.15) is 0 Å². The second kappa shape index (κ2) is 4.18. The third-order valence-corrected chi connectivity index (χ3v) is 2.35. The van der Waals surface area contributed by atoms with E-state index in [0.717, 1.165) is 5.69 Å². The van der Waals surface area contributed by atoms with E-state index in [1.54, 1.807) is 12.4 Å². The highest BCUT2D eigenvalue weighted by molar-refractivity contribution is 7.07. The number of nitrogens with zero attached hydrogens (tertiary/aromatic N) is 3. The second-order valence-corrected chi connectivity index (χ2v) is 3.63. The first-order valence-corrected chi connectivity index (χ1v) is 5.24. The summed E-state index contributed by atoms with van der Waals surface area (Å²) in [6.45, 7) is 2.14. The van der Waals surface area contributed by atoms with Crippen LogP contribution >= 0.6 is 11.3 Å². The minimum Gasteiger partial charge on any atom is -0.344 e. The highest BCUT2D eigenvalue weighted by Gasteiger charge is 2.10. The van der Waals surface area contributed by atoms with Gasteiger partial charge in [0.25, 0.3) is 5.91 Å². The van der Waals surface area contributed by atoms with E-state index in [1.807, 2.05) is 5.38 Å². The molecular formula is C8H9N5OS. The van der Waals surface area contributed by atoms with Crippen LogP contribution < -0.4 is 5.32 Å². The average molecular weight is 223 g/mol. The number of nitrogens with one attached hydrogen (secondary N) is 2. The molecular weight excluding hydrogens is 214 g/mol. The summed E-state index contributed by atoms with van der Waals surface area (Å²) in [7, 11) is 0. The van der Waals surface area contributed by atoms with Crippen LogP contribution in [0.15, 0.2) is 10.9 Å². The summed E-state index contributed by atoms with van der Waals surface area (Å²) < 4.78 is 0. The smallest absolute Gasteiger partial charge is 0.291 e. The maximum atomic E-state index is 11.5. The van der Waals surface area contributed by atoms with Crippen LogP contribution in [-0.2, 0) is 6.54 Å². The first kappa shape index (κ1) is 9.78. The molecule has 2 aromatic heterocycles. The van der Waals surface area contributed by atoms with Gasteiger partial charge in [-0.05, 0) is 6.92 Å². The monoisotopic (exact) mass is 223 g/mol. The Bertz CT molecular complexity index is 449. The number of aromatic amines is 1. The number of hydrogen-bond donors (Lipinski definition) is 2. The van der Waals surface area contributed by atoms with Gasteiger partial charge in [0, 0.05) is 5.38 Å². The van der Waals surface area contributed by atoms with Gasteiger partial charge in [0.15, 0.2) is 0 Å². The zero-order valence-electron chi connectivity index (χ0n) is 8.02. The first-order valence-electron chi connectivity index (χ1n) is 4.30. The van der Waals surface area contributed by atoms with Crippen molar-refractivity contribution in [3.63, 3.8) is 0 Å². The summed E-state index contributed by atoms with van der Waals surface area (Å²) in [4.78, 5) is 19.4. The zero-order chi connectivity index (χ0) is 10.7. The molecule has 0 fully saturated rings. The second-order valence-electron chi connectivity index (χ2n) is 2.91. The molecule has 0 bridgehead atoms. The number of H-pyrrole nitrogens is 1. The van der Waals surface area contributed by atoms with Gasteiger partial charge < -0.3 is 5.32 Å². The maximum Gasteiger partial charge on any atom is 0.291 e. The van der Waals surface area contributed by atoms with Gasteiger partial charge in [0.1, 0.15) is 5.82 Å². The molecule has 0 spiro atoms. The molecule has 0 aliphatic carbocycles. The summed E-state index contributed by atoms with van der Waals surface area (Å²) in [6, 6.07) is 0. The van der Waals surface area contributed by atoms with E-state index in [1.165, 1.54) is 11.3 Å². The SMILES string of the molecule is Cc1nc(C(=O)NCc2cscn2)n[nH]1. The van der Waals surface area contributed by atoms with Crippen molar-refractivity contribution in [2.75, 3.05) is 0 Å². The minimum absolute atomic E-state index is 0.155. The van der Waals surface area contributed by atoms with Crippen LogP contribution in [0.5, 0.6) is 0 Å².